The average Bonchev–Trinajstić information content (AvgIpc) is 3.54. The fraction of sp³-hybridized carbons (Fsp3) is 0.276. The molecule has 196 valence electrons. The lowest BCUT2D eigenvalue weighted by Gasteiger charge is -2.18. The third-order valence-corrected chi connectivity index (χ3v) is 8.22. The lowest BCUT2D eigenvalue weighted by atomic mass is 10.1. The van der Waals surface area contributed by atoms with Gasteiger partial charge in [0.15, 0.2) is 11.5 Å². The van der Waals surface area contributed by atoms with Crippen LogP contribution in [0.5, 0.6) is 11.5 Å². The first kappa shape index (κ1) is 26.6. The molecule has 0 aromatic heterocycles. The number of nitrogens with zero attached hydrogens (tertiary/aromatic N) is 2. The molecule has 2 aliphatic heterocycles. The van der Waals surface area contributed by atoms with E-state index >= 15 is 0 Å². The van der Waals surface area contributed by atoms with Gasteiger partial charge in [0.05, 0.1) is 15.1 Å². The number of carbonyl (C=O) groups is 3. The third-order valence-electron chi connectivity index (χ3n) is 6.51. The Kier molecular flexibility index (Phi) is 8.23. The summed E-state index contributed by atoms with van der Waals surface area (Å²) in [6.07, 6.45) is 3.58. The van der Waals surface area contributed by atoms with Crippen LogP contribution in [0.3, 0.4) is 0 Å². The summed E-state index contributed by atoms with van der Waals surface area (Å²) >= 11 is 3.05. The molecule has 0 aliphatic carbocycles. The minimum atomic E-state index is -0.447. The molecule has 3 amide bonds. The third kappa shape index (κ3) is 5.68. The number of benzene rings is 3. The van der Waals surface area contributed by atoms with Crippen molar-refractivity contribution >= 4 is 68.3 Å². The number of likely N-dealkylation sites (tertiary alicyclic amines) is 1. The zero-order valence-electron chi connectivity index (χ0n) is 20.9. The zero-order valence-corrected chi connectivity index (χ0v) is 23.9. The fourth-order valence-electron chi connectivity index (χ4n) is 4.63. The van der Waals surface area contributed by atoms with E-state index in [1.54, 1.807) is 11.0 Å². The van der Waals surface area contributed by atoms with Crippen LogP contribution in [-0.2, 0) is 16.2 Å². The second-order valence-electron chi connectivity index (χ2n) is 9.05. The van der Waals surface area contributed by atoms with Gasteiger partial charge in [-0.25, -0.2) is 0 Å². The van der Waals surface area contributed by atoms with Gasteiger partial charge in [-0.1, -0.05) is 42.5 Å². The van der Waals surface area contributed by atoms with Crippen molar-refractivity contribution in [3.63, 3.8) is 0 Å². The fourth-order valence-corrected chi connectivity index (χ4v) is 6.25. The van der Waals surface area contributed by atoms with E-state index in [1.165, 1.54) is 0 Å². The summed E-state index contributed by atoms with van der Waals surface area (Å²) in [6, 6.07) is 18.0. The number of rotatable bonds is 8. The topological polar surface area (TPSA) is 76.2 Å². The van der Waals surface area contributed by atoms with Gasteiger partial charge in [-0.05, 0) is 94.2 Å². The number of hydrogen-bond donors (Lipinski definition) is 0. The average molecular weight is 643 g/mol. The first-order valence-corrected chi connectivity index (χ1v) is 14.4. The highest BCUT2D eigenvalue weighted by Gasteiger charge is 2.37. The van der Waals surface area contributed by atoms with Crippen LogP contribution in [-0.4, -0.2) is 53.1 Å². The van der Waals surface area contributed by atoms with Gasteiger partial charge in [-0.2, -0.15) is 0 Å². The molecule has 0 atom stereocenters. The summed E-state index contributed by atoms with van der Waals surface area (Å²) in [4.78, 5) is 41.1. The van der Waals surface area contributed by atoms with Gasteiger partial charge in [-0.15, -0.1) is 0 Å². The van der Waals surface area contributed by atoms with Gasteiger partial charge in [0, 0.05) is 13.1 Å². The van der Waals surface area contributed by atoms with Crippen LogP contribution in [0, 0.1) is 3.57 Å². The summed E-state index contributed by atoms with van der Waals surface area (Å²) in [5, 5.41) is 1.86. The zero-order chi connectivity index (χ0) is 26.6. The van der Waals surface area contributed by atoms with Crippen molar-refractivity contribution in [3.05, 3.63) is 74.2 Å². The Labute approximate surface area is 239 Å². The first-order chi connectivity index (χ1) is 18.4. The van der Waals surface area contributed by atoms with E-state index in [9.17, 15) is 14.4 Å². The molecule has 7 nitrogen and oxygen atoms in total. The molecule has 0 N–H and O–H groups in total. The Balaban J connectivity index is 1.35. The van der Waals surface area contributed by atoms with Crippen molar-refractivity contribution < 1.29 is 23.9 Å². The molecular formula is C29H27IN2O5S. The maximum absolute atomic E-state index is 13.0. The van der Waals surface area contributed by atoms with Crippen molar-refractivity contribution in [2.75, 3.05) is 26.2 Å². The predicted molar refractivity (Wildman–Crippen MR) is 157 cm³/mol. The largest absolute Gasteiger partial charge is 0.490 e. The second-order valence-corrected chi connectivity index (χ2v) is 11.2. The molecule has 0 bridgehead atoms. The Morgan fingerprint density at radius 1 is 1.05 bits per heavy atom. The van der Waals surface area contributed by atoms with E-state index < -0.39 is 11.1 Å². The van der Waals surface area contributed by atoms with Gasteiger partial charge in [0.1, 0.15) is 13.2 Å². The predicted octanol–water partition coefficient (Wildman–Crippen LogP) is 6.08. The van der Waals surface area contributed by atoms with Crippen LogP contribution in [0.2, 0.25) is 0 Å². The lowest BCUT2D eigenvalue weighted by Crippen LogP contribution is -2.40. The first-order valence-electron chi connectivity index (χ1n) is 12.5. The van der Waals surface area contributed by atoms with Crippen molar-refractivity contribution in [3.8, 4) is 11.5 Å². The van der Waals surface area contributed by atoms with Crippen LogP contribution in [0.15, 0.2) is 59.5 Å². The summed E-state index contributed by atoms with van der Waals surface area (Å²) < 4.78 is 13.0. The Morgan fingerprint density at radius 2 is 1.82 bits per heavy atom. The lowest BCUT2D eigenvalue weighted by molar-refractivity contribution is -0.135. The number of amides is 3. The number of thioether (sulfide) groups is 1. The van der Waals surface area contributed by atoms with Gasteiger partial charge < -0.3 is 14.4 Å². The van der Waals surface area contributed by atoms with Gasteiger partial charge in [0.25, 0.3) is 11.1 Å². The van der Waals surface area contributed by atoms with Gasteiger partial charge in [0.2, 0.25) is 5.91 Å². The quantitative estimate of drug-likeness (QED) is 0.219. The molecule has 2 saturated heterocycles. The van der Waals surface area contributed by atoms with E-state index in [1.807, 2.05) is 37.3 Å². The number of halogens is 1. The van der Waals surface area contributed by atoms with Gasteiger partial charge in [-0.3, -0.25) is 19.3 Å². The van der Waals surface area contributed by atoms with Crippen LogP contribution >= 0.6 is 34.4 Å². The molecular weight excluding hydrogens is 615 g/mol. The Bertz CT molecular complexity index is 1430. The van der Waals surface area contributed by atoms with Crippen LogP contribution in [0.25, 0.3) is 16.8 Å². The maximum atomic E-state index is 13.0. The smallest absolute Gasteiger partial charge is 0.294 e. The van der Waals surface area contributed by atoms with Crippen LogP contribution in [0.4, 0.5) is 4.79 Å². The molecule has 2 aliphatic rings. The van der Waals surface area contributed by atoms with Crippen LogP contribution in [0.1, 0.15) is 30.9 Å². The minimum absolute atomic E-state index is 0.188. The highest BCUT2D eigenvalue weighted by molar-refractivity contribution is 14.1. The van der Waals surface area contributed by atoms with E-state index in [-0.39, 0.29) is 17.4 Å². The number of carbonyl (C=O) groups excluding carboxylic acids is 3. The Hall–Kier alpha value is -3.05. The Morgan fingerprint density at radius 3 is 2.61 bits per heavy atom. The summed E-state index contributed by atoms with van der Waals surface area (Å²) in [5.74, 6) is 0.555. The van der Waals surface area contributed by atoms with E-state index in [2.05, 4.69) is 46.9 Å². The summed E-state index contributed by atoms with van der Waals surface area (Å²) in [7, 11) is 0. The normalized spacial score (nSPS) is 16.6. The molecule has 5 rings (SSSR count). The maximum Gasteiger partial charge on any atom is 0.294 e. The molecule has 0 spiro atoms. The molecule has 0 saturated carbocycles. The van der Waals surface area contributed by atoms with Crippen molar-refractivity contribution in [2.45, 2.75) is 26.4 Å². The number of imide groups is 1. The SMILES string of the molecule is CCOc1cc(/C=C2/SC(=O)N(CC(=O)N3CCCC3)C2=O)cc(I)c1OCc1cccc2ccccc12. The molecule has 3 aromatic rings. The molecule has 3 aromatic carbocycles. The molecule has 38 heavy (non-hydrogen) atoms. The number of ether oxygens (including phenoxy) is 2. The van der Waals surface area contributed by atoms with E-state index in [0.717, 1.165) is 49.4 Å². The van der Waals surface area contributed by atoms with E-state index in [0.29, 0.717) is 43.4 Å². The number of hydrogen-bond acceptors (Lipinski definition) is 6. The highest BCUT2D eigenvalue weighted by atomic mass is 127. The van der Waals surface area contributed by atoms with E-state index in [4.69, 9.17) is 9.47 Å². The minimum Gasteiger partial charge on any atom is -0.490 e. The van der Waals surface area contributed by atoms with Crippen molar-refractivity contribution in [1.29, 1.82) is 0 Å². The standard InChI is InChI=1S/C29H27IN2O5S/c1-2-36-24-15-19(16-25-28(34)32(29(35)38-25)17-26(33)31-12-5-6-13-31)14-23(30)27(24)37-18-21-10-7-9-20-8-3-4-11-22(20)21/h3-4,7-11,14-16H,2,5-6,12-13,17-18H2,1H3/b25-16+. The van der Waals surface area contributed by atoms with Crippen molar-refractivity contribution in [1.82, 2.24) is 9.80 Å². The second kappa shape index (κ2) is 11.8. The van der Waals surface area contributed by atoms with Crippen molar-refractivity contribution in [2.24, 2.45) is 0 Å². The summed E-state index contributed by atoms with van der Waals surface area (Å²) in [6.45, 7) is 3.86. The summed E-state index contributed by atoms with van der Waals surface area (Å²) in [5.41, 5.74) is 1.79. The monoisotopic (exact) mass is 642 g/mol. The number of fused-ring (bicyclic) bond motifs is 1. The molecule has 2 heterocycles. The molecule has 0 unspecified atom stereocenters. The molecule has 0 radical (unpaired) electrons. The van der Waals surface area contributed by atoms with Crippen LogP contribution < -0.4 is 9.47 Å². The van der Waals surface area contributed by atoms with Gasteiger partial charge >= 0.3 is 0 Å². The molecule has 2 fully saturated rings. The highest BCUT2D eigenvalue weighted by Crippen LogP contribution is 2.38. The molecule has 9 heteroatoms.